The summed E-state index contributed by atoms with van der Waals surface area (Å²) >= 11 is 7.65. The zero-order valence-electron chi connectivity index (χ0n) is 8.30. The number of halogens is 1. The fraction of sp³-hybridized carbons (Fsp3) is 0.444. The van der Waals surface area contributed by atoms with Crippen LogP contribution in [-0.2, 0) is 0 Å². The average Bonchev–Trinajstić information content (AvgIpc) is 2.51. The molecule has 0 fully saturated rings. The van der Waals surface area contributed by atoms with Crippen LogP contribution in [0.2, 0.25) is 5.02 Å². The van der Waals surface area contributed by atoms with Crippen LogP contribution in [0.1, 0.15) is 23.8 Å². The van der Waals surface area contributed by atoms with Gasteiger partial charge in [-0.15, -0.1) is 11.3 Å². The zero-order valence-corrected chi connectivity index (χ0v) is 9.87. The molecule has 1 aromatic heterocycles. The molecule has 3 N–H and O–H groups in total. The van der Waals surface area contributed by atoms with Crippen LogP contribution in [0.25, 0.3) is 0 Å². The topological polar surface area (TPSA) is 50.4 Å². The Morgan fingerprint density at radius 2 is 2.43 bits per heavy atom. The molecule has 0 unspecified atom stereocenters. The first kappa shape index (κ1) is 11.5. The van der Waals surface area contributed by atoms with Gasteiger partial charge >= 0.3 is 0 Å². The lowest BCUT2D eigenvalue weighted by Crippen LogP contribution is -2.30. The zero-order chi connectivity index (χ0) is 10.6. The number of nitrogens with zero attached hydrogens (tertiary/aromatic N) is 1. The molecule has 1 aromatic rings. The summed E-state index contributed by atoms with van der Waals surface area (Å²) in [6.45, 7) is 4.79. The largest absolute Gasteiger partial charge is 0.308 e. The third-order valence-corrected chi connectivity index (χ3v) is 3.45. The maximum absolute atomic E-state index is 6.10. The molecule has 14 heavy (non-hydrogen) atoms. The van der Waals surface area contributed by atoms with E-state index in [0.717, 1.165) is 28.4 Å². The van der Waals surface area contributed by atoms with Gasteiger partial charge in [0.05, 0.1) is 9.90 Å². The smallest absolute Gasteiger partial charge is 0.154 e. The van der Waals surface area contributed by atoms with Gasteiger partial charge in [0.25, 0.3) is 0 Å². The van der Waals surface area contributed by atoms with Gasteiger partial charge in [0.1, 0.15) is 0 Å². The van der Waals surface area contributed by atoms with Crippen LogP contribution in [0.15, 0.2) is 10.4 Å². The third kappa shape index (κ3) is 2.47. The van der Waals surface area contributed by atoms with Crippen molar-refractivity contribution in [3.05, 3.63) is 20.8 Å². The van der Waals surface area contributed by atoms with Crippen LogP contribution in [0.3, 0.4) is 0 Å². The van der Waals surface area contributed by atoms with Gasteiger partial charge in [-0.1, -0.05) is 18.5 Å². The van der Waals surface area contributed by atoms with Crippen molar-refractivity contribution in [3.8, 4) is 0 Å². The summed E-state index contributed by atoms with van der Waals surface area (Å²) in [7, 11) is 0. The van der Waals surface area contributed by atoms with E-state index in [1.807, 2.05) is 12.3 Å². The van der Waals surface area contributed by atoms with E-state index in [4.69, 9.17) is 17.4 Å². The Bertz CT molecular complexity index is 333. The second-order valence-electron chi connectivity index (χ2n) is 2.94. The minimum absolute atomic E-state index is 0.676. The predicted octanol–water partition coefficient (Wildman–Crippen LogP) is 2.33. The molecule has 0 aromatic carbocycles. The number of thiophene rings is 1. The number of nitrogens with one attached hydrogen (secondary N) is 1. The number of aliphatic imine (C=N–C) groups is 1. The Balaban J connectivity index is 2.95. The van der Waals surface area contributed by atoms with Gasteiger partial charge in [0.2, 0.25) is 0 Å². The summed E-state index contributed by atoms with van der Waals surface area (Å²) in [4.78, 5) is 5.23. The lowest BCUT2D eigenvalue weighted by molar-refractivity contribution is 0.909. The van der Waals surface area contributed by atoms with E-state index in [2.05, 4.69) is 17.3 Å². The molecule has 0 saturated heterocycles. The summed E-state index contributed by atoms with van der Waals surface area (Å²) in [5, 5.41) is 2.74. The fourth-order valence-corrected chi connectivity index (χ4v) is 2.25. The second kappa shape index (κ2) is 5.34. The summed E-state index contributed by atoms with van der Waals surface area (Å²) in [6.07, 6.45) is 0.993. The number of amidine groups is 1. The molecule has 78 valence electrons. The minimum atomic E-state index is 0.676. The average molecular weight is 232 g/mol. The molecule has 0 aliphatic carbocycles. The Morgan fingerprint density at radius 3 is 2.86 bits per heavy atom. The van der Waals surface area contributed by atoms with Crippen molar-refractivity contribution in [2.45, 2.75) is 20.3 Å². The number of hydrogen-bond acceptors (Lipinski definition) is 3. The van der Waals surface area contributed by atoms with Crippen molar-refractivity contribution < 1.29 is 0 Å². The van der Waals surface area contributed by atoms with Crippen molar-refractivity contribution in [1.82, 2.24) is 5.43 Å². The van der Waals surface area contributed by atoms with Crippen molar-refractivity contribution in [2.75, 3.05) is 6.54 Å². The molecular formula is C9H14ClN3S. The van der Waals surface area contributed by atoms with E-state index >= 15 is 0 Å². The Labute approximate surface area is 93.0 Å². The Kier molecular flexibility index (Phi) is 4.38. The van der Waals surface area contributed by atoms with E-state index < -0.39 is 0 Å². The molecule has 5 heteroatoms. The van der Waals surface area contributed by atoms with Gasteiger partial charge < -0.3 is 5.43 Å². The molecule has 0 saturated carbocycles. The maximum atomic E-state index is 6.10. The molecule has 0 aliphatic rings. The highest BCUT2D eigenvalue weighted by Crippen LogP contribution is 2.27. The van der Waals surface area contributed by atoms with E-state index in [9.17, 15) is 0 Å². The van der Waals surface area contributed by atoms with E-state index in [-0.39, 0.29) is 0 Å². The summed E-state index contributed by atoms with van der Waals surface area (Å²) in [5.74, 6) is 6.07. The minimum Gasteiger partial charge on any atom is -0.308 e. The summed E-state index contributed by atoms with van der Waals surface area (Å²) in [6, 6.07) is 0. The van der Waals surface area contributed by atoms with Crippen LogP contribution in [0, 0.1) is 6.92 Å². The number of rotatable bonds is 3. The van der Waals surface area contributed by atoms with Crippen LogP contribution >= 0.6 is 22.9 Å². The second-order valence-corrected chi connectivity index (χ2v) is 4.19. The van der Waals surface area contributed by atoms with E-state index in [1.165, 1.54) is 0 Å². The Hall–Kier alpha value is -0.580. The maximum Gasteiger partial charge on any atom is 0.154 e. The van der Waals surface area contributed by atoms with Crippen molar-refractivity contribution >= 4 is 28.8 Å². The number of hydrazine groups is 1. The first-order valence-electron chi connectivity index (χ1n) is 4.45. The lowest BCUT2D eigenvalue weighted by Gasteiger charge is -2.03. The number of nitrogens with two attached hydrogens (primary N) is 1. The summed E-state index contributed by atoms with van der Waals surface area (Å²) in [5.41, 5.74) is 3.64. The van der Waals surface area contributed by atoms with Crippen LogP contribution in [0.4, 0.5) is 0 Å². The van der Waals surface area contributed by atoms with Crippen molar-refractivity contribution in [1.29, 1.82) is 0 Å². The molecule has 0 bridgehead atoms. The Morgan fingerprint density at radius 1 is 1.71 bits per heavy atom. The highest BCUT2D eigenvalue weighted by molar-refractivity contribution is 7.13. The highest BCUT2D eigenvalue weighted by Gasteiger charge is 2.11. The normalized spacial score (nSPS) is 11.9. The van der Waals surface area contributed by atoms with E-state index in [1.54, 1.807) is 11.3 Å². The fourth-order valence-electron chi connectivity index (χ4n) is 0.996. The highest BCUT2D eigenvalue weighted by atomic mass is 35.5. The van der Waals surface area contributed by atoms with Crippen molar-refractivity contribution in [3.63, 3.8) is 0 Å². The monoisotopic (exact) mass is 231 g/mol. The predicted molar refractivity (Wildman–Crippen MR) is 63.1 cm³/mol. The summed E-state index contributed by atoms with van der Waals surface area (Å²) < 4.78 is 0. The van der Waals surface area contributed by atoms with Gasteiger partial charge in [-0.25, -0.2) is 5.84 Å². The molecule has 0 amide bonds. The van der Waals surface area contributed by atoms with Gasteiger partial charge in [0.15, 0.2) is 5.84 Å². The molecule has 0 atom stereocenters. The van der Waals surface area contributed by atoms with Crippen molar-refractivity contribution in [2.24, 2.45) is 10.8 Å². The lowest BCUT2D eigenvalue weighted by atomic mass is 10.3. The standard InChI is InChI=1S/C9H14ClN3S/c1-3-4-12-9(13-11)8-7(10)6(2)5-14-8/h5H,3-4,11H2,1-2H3,(H,12,13). The van der Waals surface area contributed by atoms with Gasteiger partial charge in [-0.05, 0) is 24.3 Å². The van der Waals surface area contributed by atoms with Crippen LogP contribution < -0.4 is 11.3 Å². The van der Waals surface area contributed by atoms with Gasteiger partial charge in [0, 0.05) is 6.54 Å². The van der Waals surface area contributed by atoms with E-state index in [0.29, 0.717) is 5.84 Å². The molecule has 1 heterocycles. The quantitative estimate of drug-likeness (QED) is 0.363. The molecule has 3 nitrogen and oxygen atoms in total. The number of aryl methyl sites for hydroxylation is 1. The van der Waals surface area contributed by atoms with Crippen LogP contribution in [-0.4, -0.2) is 12.4 Å². The van der Waals surface area contributed by atoms with Gasteiger partial charge in [-0.2, -0.15) is 0 Å². The molecular weight excluding hydrogens is 218 g/mol. The first-order chi connectivity index (χ1) is 6.70. The van der Waals surface area contributed by atoms with Gasteiger partial charge in [-0.3, -0.25) is 4.99 Å². The SMILES string of the molecule is CCCN=C(NN)c1scc(C)c1Cl. The first-order valence-corrected chi connectivity index (χ1v) is 5.71. The molecule has 0 aliphatic heterocycles. The molecule has 0 radical (unpaired) electrons. The molecule has 1 rings (SSSR count). The third-order valence-electron chi connectivity index (χ3n) is 1.74. The van der Waals surface area contributed by atoms with Crippen LogP contribution in [0.5, 0.6) is 0 Å². The molecule has 0 spiro atoms. The number of hydrogen-bond donors (Lipinski definition) is 2.